The van der Waals surface area contributed by atoms with Gasteiger partial charge in [0.25, 0.3) is 0 Å². The molecular formula is C16H23N3O2. The van der Waals surface area contributed by atoms with Gasteiger partial charge in [-0.05, 0) is 30.5 Å². The molecular weight excluding hydrogens is 266 g/mol. The fourth-order valence-corrected chi connectivity index (χ4v) is 2.37. The summed E-state index contributed by atoms with van der Waals surface area (Å²) in [5, 5.41) is 2.91. The summed E-state index contributed by atoms with van der Waals surface area (Å²) >= 11 is 0. The van der Waals surface area contributed by atoms with Gasteiger partial charge in [-0.3, -0.25) is 4.79 Å². The maximum atomic E-state index is 12.1. The van der Waals surface area contributed by atoms with E-state index < -0.39 is 0 Å². The predicted molar refractivity (Wildman–Crippen MR) is 83.3 cm³/mol. The number of amides is 3. The third-order valence-corrected chi connectivity index (χ3v) is 3.77. The van der Waals surface area contributed by atoms with E-state index in [1.807, 2.05) is 12.1 Å². The minimum absolute atomic E-state index is 0.0955. The van der Waals surface area contributed by atoms with E-state index in [1.54, 1.807) is 9.80 Å². The van der Waals surface area contributed by atoms with Crippen molar-refractivity contribution in [3.05, 3.63) is 29.8 Å². The third-order valence-electron chi connectivity index (χ3n) is 3.77. The summed E-state index contributed by atoms with van der Waals surface area (Å²) < 4.78 is 0. The number of rotatable bonds is 5. The number of benzene rings is 1. The second-order valence-corrected chi connectivity index (χ2v) is 5.36. The van der Waals surface area contributed by atoms with Crippen molar-refractivity contribution >= 4 is 18.1 Å². The van der Waals surface area contributed by atoms with Crippen LogP contribution < -0.4 is 5.32 Å². The van der Waals surface area contributed by atoms with Crippen LogP contribution in [0.1, 0.15) is 25.3 Å². The molecule has 1 fully saturated rings. The maximum Gasteiger partial charge on any atom is 0.321 e. The van der Waals surface area contributed by atoms with Crippen LogP contribution in [0.2, 0.25) is 0 Å². The van der Waals surface area contributed by atoms with E-state index in [0.29, 0.717) is 26.2 Å². The number of unbranched alkanes of at least 4 members (excludes halogenated alkanes) is 1. The zero-order valence-corrected chi connectivity index (χ0v) is 12.5. The standard InChI is InChI=1S/C16H23N3O2/c1-2-3-4-14-5-7-15(8-6-14)17-16(21)19-11-9-18(13-20)10-12-19/h5-8,13H,2-4,9-12H2,1H3,(H,17,21). The molecule has 1 aromatic rings. The molecule has 0 unspecified atom stereocenters. The van der Waals surface area contributed by atoms with Crippen LogP contribution >= 0.6 is 0 Å². The first-order chi connectivity index (χ1) is 10.2. The fourth-order valence-electron chi connectivity index (χ4n) is 2.37. The van der Waals surface area contributed by atoms with E-state index in [1.165, 1.54) is 18.4 Å². The van der Waals surface area contributed by atoms with Gasteiger partial charge in [0, 0.05) is 31.9 Å². The molecule has 114 valence electrons. The molecule has 1 aromatic carbocycles. The highest BCUT2D eigenvalue weighted by molar-refractivity contribution is 5.89. The molecule has 0 atom stereocenters. The van der Waals surface area contributed by atoms with Crippen LogP contribution in [-0.2, 0) is 11.2 Å². The third kappa shape index (κ3) is 4.48. The Kier molecular flexibility index (Phi) is 5.60. The lowest BCUT2D eigenvalue weighted by molar-refractivity contribution is -0.119. The SMILES string of the molecule is CCCCc1ccc(NC(=O)N2CCN(C=O)CC2)cc1. The molecule has 0 spiro atoms. The summed E-state index contributed by atoms with van der Waals surface area (Å²) in [4.78, 5) is 26.2. The van der Waals surface area contributed by atoms with Gasteiger partial charge >= 0.3 is 6.03 Å². The molecule has 5 nitrogen and oxygen atoms in total. The topological polar surface area (TPSA) is 52.7 Å². The Morgan fingerprint density at radius 3 is 2.43 bits per heavy atom. The molecule has 0 saturated carbocycles. The number of nitrogens with zero attached hydrogens (tertiary/aromatic N) is 2. The first-order valence-electron chi connectivity index (χ1n) is 7.57. The summed E-state index contributed by atoms with van der Waals surface area (Å²) in [5.74, 6) is 0. The van der Waals surface area contributed by atoms with Crippen molar-refractivity contribution < 1.29 is 9.59 Å². The number of carbonyl (C=O) groups is 2. The number of carbonyl (C=O) groups excluding carboxylic acids is 2. The van der Waals surface area contributed by atoms with Gasteiger partial charge in [0.15, 0.2) is 0 Å². The van der Waals surface area contributed by atoms with Crippen molar-refractivity contribution in [3.63, 3.8) is 0 Å². The predicted octanol–water partition coefficient (Wildman–Crippen LogP) is 2.34. The summed E-state index contributed by atoms with van der Waals surface area (Å²) in [6.07, 6.45) is 4.29. The van der Waals surface area contributed by atoms with Crippen LogP contribution in [-0.4, -0.2) is 48.4 Å². The van der Waals surface area contributed by atoms with E-state index in [9.17, 15) is 9.59 Å². The van der Waals surface area contributed by atoms with E-state index >= 15 is 0 Å². The van der Waals surface area contributed by atoms with Crippen molar-refractivity contribution in [1.82, 2.24) is 9.80 Å². The van der Waals surface area contributed by atoms with Gasteiger partial charge in [-0.25, -0.2) is 4.79 Å². The molecule has 5 heteroatoms. The largest absolute Gasteiger partial charge is 0.342 e. The van der Waals surface area contributed by atoms with Crippen molar-refractivity contribution in [3.8, 4) is 0 Å². The Labute approximate surface area is 125 Å². The zero-order chi connectivity index (χ0) is 15.1. The number of anilines is 1. The average Bonchev–Trinajstić information content (AvgIpc) is 2.54. The number of hydrogen-bond acceptors (Lipinski definition) is 2. The van der Waals surface area contributed by atoms with Crippen LogP contribution in [0.25, 0.3) is 0 Å². The van der Waals surface area contributed by atoms with E-state index in [-0.39, 0.29) is 6.03 Å². The number of aryl methyl sites for hydroxylation is 1. The average molecular weight is 289 g/mol. The first kappa shape index (κ1) is 15.4. The van der Waals surface area contributed by atoms with Crippen LogP contribution in [0.3, 0.4) is 0 Å². The van der Waals surface area contributed by atoms with Crippen LogP contribution in [0, 0.1) is 0 Å². The maximum absolute atomic E-state index is 12.1. The van der Waals surface area contributed by atoms with Gasteiger partial charge in [0.05, 0.1) is 0 Å². The monoisotopic (exact) mass is 289 g/mol. The van der Waals surface area contributed by atoms with E-state index in [2.05, 4.69) is 24.4 Å². The molecule has 1 aliphatic rings. The van der Waals surface area contributed by atoms with E-state index in [4.69, 9.17) is 0 Å². The lowest BCUT2D eigenvalue weighted by atomic mass is 10.1. The van der Waals surface area contributed by atoms with Crippen LogP contribution in [0.5, 0.6) is 0 Å². The smallest absolute Gasteiger partial charge is 0.321 e. The number of urea groups is 1. The molecule has 0 bridgehead atoms. The minimum atomic E-state index is -0.0955. The van der Waals surface area contributed by atoms with Crippen molar-refractivity contribution in [2.75, 3.05) is 31.5 Å². The van der Waals surface area contributed by atoms with Gasteiger partial charge in [-0.2, -0.15) is 0 Å². The molecule has 1 aliphatic heterocycles. The Hall–Kier alpha value is -2.04. The highest BCUT2D eigenvalue weighted by Gasteiger charge is 2.19. The quantitative estimate of drug-likeness (QED) is 0.846. The zero-order valence-electron chi connectivity index (χ0n) is 12.5. The van der Waals surface area contributed by atoms with E-state index in [0.717, 1.165) is 18.5 Å². The lowest BCUT2D eigenvalue weighted by Crippen LogP contribution is -2.49. The molecule has 0 aliphatic carbocycles. The molecule has 1 N–H and O–H groups in total. The van der Waals surface area contributed by atoms with Gasteiger partial charge in [-0.1, -0.05) is 25.5 Å². The highest BCUT2D eigenvalue weighted by Crippen LogP contribution is 2.13. The molecule has 1 heterocycles. The molecule has 0 radical (unpaired) electrons. The molecule has 0 aromatic heterocycles. The molecule has 2 rings (SSSR count). The van der Waals surface area contributed by atoms with Crippen molar-refractivity contribution in [2.24, 2.45) is 0 Å². The Bertz CT molecular complexity index is 465. The second kappa shape index (κ2) is 7.67. The second-order valence-electron chi connectivity index (χ2n) is 5.36. The summed E-state index contributed by atoms with van der Waals surface area (Å²) in [5.41, 5.74) is 2.12. The van der Waals surface area contributed by atoms with Crippen LogP contribution in [0.4, 0.5) is 10.5 Å². The van der Waals surface area contributed by atoms with Crippen molar-refractivity contribution in [2.45, 2.75) is 26.2 Å². The minimum Gasteiger partial charge on any atom is -0.342 e. The Morgan fingerprint density at radius 2 is 1.86 bits per heavy atom. The van der Waals surface area contributed by atoms with Crippen molar-refractivity contribution in [1.29, 1.82) is 0 Å². The molecule has 21 heavy (non-hydrogen) atoms. The first-order valence-corrected chi connectivity index (χ1v) is 7.57. The number of hydrogen-bond donors (Lipinski definition) is 1. The lowest BCUT2D eigenvalue weighted by Gasteiger charge is -2.32. The normalized spacial score (nSPS) is 14.9. The number of nitrogens with one attached hydrogen (secondary N) is 1. The van der Waals surface area contributed by atoms with Gasteiger partial charge in [0.2, 0.25) is 6.41 Å². The highest BCUT2D eigenvalue weighted by atomic mass is 16.2. The summed E-state index contributed by atoms with van der Waals surface area (Å²) in [6.45, 7) is 4.55. The van der Waals surface area contributed by atoms with Crippen LogP contribution in [0.15, 0.2) is 24.3 Å². The Balaban J connectivity index is 1.83. The van der Waals surface area contributed by atoms with Gasteiger partial charge < -0.3 is 15.1 Å². The van der Waals surface area contributed by atoms with Gasteiger partial charge in [-0.15, -0.1) is 0 Å². The summed E-state index contributed by atoms with van der Waals surface area (Å²) in [6, 6.07) is 7.93. The van der Waals surface area contributed by atoms with Gasteiger partial charge in [0.1, 0.15) is 0 Å². The number of piperazine rings is 1. The summed E-state index contributed by atoms with van der Waals surface area (Å²) in [7, 11) is 0. The molecule has 1 saturated heterocycles. The Morgan fingerprint density at radius 1 is 1.19 bits per heavy atom. The molecule has 3 amide bonds. The fraction of sp³-hybridized carbons (Fsp3) is 0.500.